The maximum atomic E-state index is 13.7. The highest BCUT2D eigenvalue weighted by molar-refractivity contribution is 5.97. The Morgan fingerprint density at radius 1 is 1.03 bits per heavy atom. The number of hydrogen-bond donors (Lipinski definition) is 0. The van der Waals surface area contributed by atoms with Crippen molar-refractivity contribution in [1.82, 2.24) is 14.7 Å². The molecular formula is C26H31N3O5. The van der Waals surface area contributed by atoms with E-state index in [0.717, 1.165) is 24.3 Å². The molecule has 2 aliphatic heterocycles. The average molecular weight is 466 g/mol. The second-order valence-corrected chi connectivity index (χ2v) is 8.58. The molecule has 2 aromatic carbocycles. The normalized spacial score (nSPS) is 18.2. The van der Waals surface area contributed by atoms with Gasteiger partial charge in [-0.25, -0.2) is 0 Å². The minimum Gasteiger partial charge on any atom is -0.497 e. The molecule has 2 aromatic rings. The zero-order chi connectivity index (χ0) is 24.1. The summed E-state index contributed by atoms with van der Waals surface area (Å²) in [4.78, 5) is 43.0. The first kappa shape index (κ1) is 23.6. The number of amides is 3. The monoisotopic (exact) mass is 465 g/mol. The van der Waals surface area contributed by atoms with Gasteiger partial charge in [-0.1, -0.05) is 24.3 Å². The quantitative estimate of drug-likeness (QED) is 0.628. The Labute approximate surface area is 200 Å². The van der Waals surface area contributed by atoms with Crippen molar-refractivity contribution < 1.29 is 23.9 Å². The molecule has 0 N–H and O–H groups in total. The largest absolute Gasteiger partial charge is 0.497 e. The van der Waals surface area contributed by atoms with Crippen LogP contribution < -0.4 is 9.47 Å². The van der Waals surface area contributed by atoms with Crippen LogP contribution in [0.25, 0.3) is 0 Å². The van der Waals surface area contributed by atoms with Crippen LogP contribution >= 0.6 is 0 Å². The fourth-order valence-electron chi connectivity index (χ4n) is 4.55. The Kier molecular flexibility index (Phi) is 7.35. The van der Waals surface area contributed by atoms with Crippen LogP contribution in [0.2, 0.25) is 0 Å². The van der Waals surface area contributed by atoms with Crippen LogP contribution in [0, 0.1) is 0 Å². The van der Waals surface area contributed by atoms with Gasteiger partial charge >= 0.3 is 0 Å². The van der Waals surface area contributed by atoms with E-state index in [4.69, 9.17) is 9.47 Å². The van der Waals surface area contributed by atoms with E-state index in [1.165, 1.54) is 0 Å². The number of nitrogens with zero attached hydrogens (tertiary/aromatic N) is 3. The number of piperazine rings is 1. The summed E-state index contributed by atoms with van der Waals surface area (Å²) < 4.78 is 11.2. The molecule has 8 nitrogen and oxygen atoms in total. The summed E-state index contributed by atoms with van der Waals surface area (Å²) in [6, 6.07) is 14.5. The van der Waals surface area contributed by atoms with Crippen LogP contribution in [0.3, 0.4) is 0 Å². The van der Waals surface area contributed by atoms with Crippen LogP contribution in [0.4, 0.5) is 0 Å². The summed E-state index contributed by atoms with van der Waals surface area (Å²) in [6.45, 7) is 4.47. The van der Waals surface area contributed by atoms with E-state index in [1.807, 2.05) is 41.3 Å². The standard InChI is InChI=1S/C26H31N3O5/c1-19(30)28-14-15-29(23(18-28)20-9-11-21(33-2)12-10-20)26(32)22-6-3-4-7-24(22)34-17-16-27-13-5-8-25(27)31/h3-4,6-7,9-12,23H,5,8,13-18H2,1-2H3/t23-/m1/s1. The maximum absolute atomic E-state index is 13.7. The fourth-order valence-corrected chi connectivity index (χ4v) is 4.55. The maximum Gasteiger partial charge on any atom is 0.258 e. The molecule has 1 atom stereocenters. The molecule has 2 aliphatic rings. The predicted octanol–water partition coefficient (Wildman–Crippen LogP) is 2.74. The number of carbonyl (C=O) groups is 3. The lowest BCUT2D eigenvalue weighted by atomic mass is 10.0. The van der Waals surface area contributed by atoms with Gasteiger partial charge < -0.3 is 24.2 Å². The van der Waals surface area contributed by atoms with Crippen LogP contribution in [0.1, 0.15) is 41.7 Å². The molecule has 0 aliphatic carbocycles. The lowest BCUT2D eigenvalue weighted by molar-refractivity contribution is -0.131. The smallest absolute Gasteiger partial charge is 0.258 e. The number of ether oxygens (including phenoxy) is 2. The second-order valence-electron chi connectivity index (χ2n) is 8.58. The van der Waals surface area contributed by atoms with Crippen LogP contribution in [-0.4, -0.2) is 78.9 Å². The summed E-state index contributed by atoms with van der Waals surface area (Å²) in [6.07, 6.45) is 1.47. The third-order valence-electron chi connectivity index (χ3n) is 6.49. The zero-order valence-electron chi connectivity index (χ0n) is 19.7. The SMILES string of the molecule is COc1ccc([C@H]2CN(C(C)=O)CCN2C(=O)c2ccccc2OCCN2CCCC2=O)cc1. The minimum atomic E-state index is -0.286. The van der Waals surface area contributed by atoms with Gasteiger partial charge in [-0.3, -0.25) is 14.4 Å². The fraction of sp³-hybridized carbons (Fsp3) is 0.423. The van der Waals surface area contributed by atoms with Gasteiger partial charge in [-0.15, -0.1) is 0 Å². The zero-order valence-corrected chi connectivity index (χ0v) is 19.7. The van der Waals surface area contributed by atoms with Crippen LogP contribution in [0.5, 0.6) is 11.5 Å². The Hall–Kier alpha value is -3.55. The molecule has 0 bridgehead atoms. The lowest BCUT2D eigenvalue weighted by Gasteiger charge is -2.41. The van der Waals surface area contributed by atoms with Crippen LogP contribution in [0.15, 0.2) is 48.5 Å². The molecule has 2 saturated heterocycles. The molecule has 2 fully saturated rings. The first-order chi connectivity index (χ1) is 16.5. The van der Waals surface area contributed by atoms with E-state index < -0.39 is 0 Å². The van der Waals surface area contributed by atoms with Crippen molar-refractivity contribution >= 4 is 17.7 Å². The Bertz CT molecular complexity index is 1040. The summed E-state index contributed by atoms with van der Waals surface area (Å²) in [7, 11) is 1.61. The van der Waals surface area contributed by atoms with Crippen molar-refractivity contribution in [3.8, 4) is 11.5 Å². The third-order valence-corrected chi connectivity index (χ3v) is 6.49. The van der Waals surface area contributed by atoms with E-state index in [2.05, 4.69) is 0 Å². The van der Waals surface area contributed by atoms with E-state index in [-0.39, 0.29) is 23.8 Å². The first-order valence-electron chi connectivity index (χ1n) is 11.7. The van der Waals surface area contributed by atoms with Crippen molar-refractivity contribution in [2.24, 2.45) is 0 Å². The van der Waals surface area contributed by atoms with Crippen molar-refractivity contribution in [2.45, 2.75) is 25.8 Å². The number of rotatable bonds is 7. The molecule has 0 radical (unpaired) electrons. The average Bonchev–Trinajstić information content (AvgIpc) is 3.28. The van der Waals surface area contributed by atoms with Crippen molar-refractivity contribution in [1.29, 1.82) is 0 Å². The predicted molar refractivity (Wildman–Crippen MR) is 127 cm³/mol. The van der Waals surface area contributed by atoms with Crippen molar-refractivity contribution in [3.63, 3.8) is 0 Å². The molecule has 3 amide bonds. The summed E-state index contributed by atoms with van der Waals surface area (Å²) in [5.41, 5.74) is 1.41. The highest BCUT2D eigenvalue weighted by Gasteiger charge is 2.34. The molecule has 0 spiro atoms. The third kappa shape index (κ3) is 5.16. The summed E-state index contributed by atoms with van der Waals surface area (Å²) >= 11 is 0. The van der Waals surface area contributed by atoms with E-state index in [1.54, 1.807) is 36.0 Å². The van der Waals surface area contributed by atoms with Crippen molar-refractivity contribution in [2.75, 3.05) is 46.4 Å². The Morgan fingerprint density at radius 3 is 2.47 bits per heavy atom. The molecular weight excluding hydrogens is 434 g/mol. The number of likely N-dealkylation sites (tertiary alicyclic amines) is 1. The second kappa shape index (κ2) is 10.6. The van der Waals surface area contributed by atoms with E-state index in [0.29, 0.717) is 50.5 Å². The van der Waals surface area contributed by atoms with Gasteiger partial charge in [-0.05, 0) is 36.2 Å². The number of hydrogen-bond acceptors (Lipinski definition) is 5. The van der Waals surface area contributed by atoms with Gasteiger partial charge in [0.25, 0.3) is 5.91 Å². The lowest BCUT2D eigenvalue weighted by Crippen LogP contribution is -2.51. The van der Waals surface area contributed by atoms with Gasteiger partial charge in [0.15, 0.2) is 0 Å². The van der Waals surface area contributed by atoms with Gasteiger partial charge in [0.1, 0.15) is 18.1 Å². The molecule has 0 saturated carbocycles. The minimum absolute atomic E-state index is 0.00851. The number of methoxy groups -OCH3 is 1. The van der Waals surface area contributed by atoms with Gasteiger partial charge in [0, 0.05) is 39.5 Å². The molecule has 34 heavy (non-hydrogen) atoms. The molecule has 180 valence electrons. The Balaban J connectivity index is 1.53. The Morgan fingerprint density at radius 2 is 1.79 bits per heavy atom. The number of para-hydroxylation sites is 1. The van der Waals surface area contributed by atoms with Gasteiger partial charge in [0.05, 0.1) is 25.3 Å². The summed E-state index contributed by atoms with van der Waals surface area (Å²) in [5.74, 6) is 1.24. The van der Waals surface area contributed by atoms with Crippen molar-refractivity contribution in [3.05, 3.63) is 59.7 Å². The molecule has 4 rings (SSSR count). The molecule has 2 heterocycles. The number of benzene rings is 2. The van der Waals surface area contributed by atoms with Gasteiger partial charge in [-0.2, -0.15) is 0 Å². The van der Waals surface area contributed by atoms with Crippen LogP contribution in [-0.2, 0) is 9.59 Å². The topological polar surface area (TPSA) is 79.4 Å². The van der Waals surface area contributed by atoms with E-state index in [9.17, 15) is 14.4 Å². The first-order valence-corrected chi connectivity index (χ1v) is 11.7. The van der Waals surface area contributed by atoms with Gasteiger partial charge in [0.2, 0.25) is 11.8 Å². The molecule has 0 unspecified atom stereocenters. The molecule has 0 aromatic heterocycles. The van der Waals surface area contributed by atoms with E-state index >= 15 is 0 Å². The number of carbonyl (C=O) groups excluding carboxylic acids is 3. The summed E-state index contributed by atoms with van der Waals surface area (Å²) in [5, 5.41) is 0. The highest BCUT2D eigenvalue weighted by Crippen LogP contribution is 2.31. The molecule has 8 heteroatoms. The highest BCUT2D eigenvalue weighted by atomic mass is 16.5.